The highest BCUT2D eigenvalue weighted by Gasteiger charge is 2.46. The second kappa shape index (κ2) is 12.3. The molecular formula is C27H30O17. The first kappa shape index (κ1) is 31.7. The molecule has 1 aromatic heterocycles. The Kier molecular flexibility index (Phi) is 8.87. The molecule has 17 heteroatoms. The molecule has 2 aromatic carbocycles. The largest absolute Gasteiger partial charge is 0.508 e. The first-order valence-electron chi connectivity index (χ1n) is 13.2. The molecule has 0 amide bonds. The SMILES string of the molecule is O=c1cc(-c2cc(OC3OC(CO)C(O)C(O)C3O)c(O)c(OC3OC(CO)C(O)C(O)C3O)c2)oc2cc(O)cc(O)c12. The van der Waals surface area contributed by atoms with E-state index in [2.05, 4.69) is 0 Å². The Morgan fingerprint density at radius 3 is 1.64 bits per heavy atom. The van der Waals surface area contributed by atoms with Crippen LogP contribution in [0.15, 0.2) is 39.5 Å². The lowest BCUT2D eigenvalue weighted by atomic mass is 9.99. The monoisotopic (exact) mass is 626 g/mol. The fourth-order valence-corrected chi connectivity index (χ4v) is 4.88. The second-order valence-corrected chi connectivity index (χ2v) is 10.3. The number of aromatic hydroxyl groups is 3. The van der Waals surface area contributed by atoms with Gasteiger partial charge in [0.15, 0.2) is 16.9 Å². The number of hydrogen-bond acceptors (Lipinski definition) is 17. The Balaban J connectivity index is 1.60. The van der Waals surface area contributed by atoms with Crippen molar-refractivity contribution >= 4 is 11.0 Å². The van der Waals surface area contributed by atoms with Crippen molar-refractivity contribution in [3.05, 3.63) is 40.6 Å². The minimum absolute atomic E-state index is 0.0937. The van der Waals surface area contributed by atoms with Gasteiger partial charge in [-0.3, -0.25) is 4.79 Å². The average Bonchev–Trinajstić information content (AvgIpc) is 2.98. The van der Waals surface area contributed by atoms with Gasteiger partial charge in [-0.1, -0.05) is 0 Å². The molecule has 0 aliphatic carbocycles. The van der Waals surface area contributed by atoms with Crippen LogP contribution in [0.5, 0.6) is 28.7 Å². The predicted octanol–water partition coefficient (Wildman–Crippen LogP) is -3.07. The Morgan fingerprint density at radius 2 is 1.16 bits per heavy atom. The molecule has 44 heavy (non-hydrogen) atoms. The Labute approximate surface area is 246 Å². The van der Waals surface area contributed by atoms with Crippen molar-refractivity contribution in [1.82, 2.24) is 0 Å². The lowest BCUT2D eigenvalue weighted by Gasteiger charge is -2.40. The van der Waals surface area contributed by atoms with E-state index < -0.39 is 109 Å². The van der Waals surface area contributed by atoms with Crippen LogP contribution in [0.2, 0.25) is 0 Å². The zero-order valence-corrected chi connectivity index (χ0v) is 22.4. The van der Waals surface area contributed by atoms with Gasteiger partial charge >= 0.3 is 0 Å². The minimum Gasteiger partial charge on any atom is -0.508 e. The van der Waals surface area contributed by atoms with Crippen LogP contribution >= 0.6 is 0 Å². The van der Waals surface area contributed by atoms with Gasteiger partial charge in [0.05, 0.1) is 13.2 Å². The molecule has 2 fully saturated rings. The predicted molar refractivity (Wildman–Crippen MR) is 142 cm³/mol. The maximum Gasteiger partial charge on any atom is 0.229 e. The fraction of sp³-hybridized carbons (Fsp3) is 0.444. The summed E-state index contributed by atoms with van der Waals surface area (Å²) in [7, 11) is 0. The minimum atomic E-state index is -1.91. The lowest BCUT2D eigenvalue weighted by Crippen LogP contribution is -2.60. The van der Waals surface area contributed by atoms with E-state index >= 15 is 0 Å². The summed E-state index contributed by atoms with van der Waals surface area (Å²) in [6, 6.07) is 5.07. The molecule has 0 bridgehead atoms. The smallest absolute Gasteiger partial charge is 0.229 e. The quantitative estimate of drug-likeness (QED) is 0.124. The van der Waals surface area contributed by atoms with Crippen LogP contribution in [0, 0.1) is 0 Å². The van der Waals surface area contributed by atoms with Gasteiger partial charge in [-0.05, 0) is 12.1 Å². The van der Waals surface area contributed by atoms with Crippen molar-refractivity contribution in [2.45, 2.75) is 61.4 Å². The van der Waals surface area contributed by atoms with Crippen LogP contribution in [0.1, 0.15) is 0 Å². The topological polar surface area (TPSA) is 290 Å². The van der Waals surface area contributed by atoms with Crippen molar-refractivity contribution in [3.8, 4) is 40.1 Å². The second-order valence-electron chi connectivity index (χ2n) is 10.3. The third-order valence-electron chi connectivity index (χ3n) is 7.30. The van der Waals surface area contributed by atoms with Gasteiger partial charge in [0.2, 0.25) is 18.3 Å². The van der Waals surface area contributed by atoms with E-state index in [0.717, 1.165) is 30.3 Å². The molecule has 0 saturated carbocycles. The standard InChI is InChI=1S/C27H30O17/c28-6-16-20(34)22(36)24(38)26(43-16)41-14-1-8(12-5-11(32)18-10(31)3-9(30)4-13(18)40-12)2-15(19(14)33)42-27-25(39)23(37)21(35)17(7-29)44-27/h1-5,16-17,20-31,33-39H,6-7H2. The number of ether oxygens (including phenoxy) is 4. The molecule has 5 rings (SSSR count). The summed E-state index contributed by atoms with van der Waals surface area (Å²) in [5, 5.41) is 111. The van der Waals surface area contributed by atoms with Crippen molar-refractivity contribution in [3.63, 3.8) is 0 Å². The van der Waals surface area contributed by atoms with E-state index in [4.69, 9.17) is 23.4 Å². The zero-order valence-electron chi connectivity index (χ0n) is 22.4. The van der Waals surface area contributed by atoms with Crippen molar-refractivity contribution < 1.29 is 79.5 Å². The number of aliphatic hydroxyl groups excluding tert-OH is 8. The summed E-state index contributed by atoms with van der Waals surface area (Å²) in [5.41, 5.74) is -1.09. The molecule has 17 nitrogen and oxygen atoms in total. The number of phenolic OH excluding ortho intramolecular Hbond substituents is 3. The van der Waals surface area contributed by atoms with Crippen LogP contribution in [-0.2, 0) is 9.47 Å². The molecule has 3 aromatic rings. The lowest BCUT2D eigenvalue weighted by molar-refractivity contribution is -0.279. The third kappa shape index (κ3) is 5.73. The van der Waals surface area contributed by atoms with Crippen LogP contribution < -0.4 is 14.9 Å². The highest BCUT2D eigenvalue weighted by molar-refractivity contribution is 5.86. The molecule has 3 heterocycles. The number of benzene rings is 2. The summed E-state index contributed by atoms with van der Waals surface area (Å²) in [6.45, 7) is -1.57. The van der Waals surface area contributed by atoms with E-state index in [0.29, 0.717) is 0 Å². The normalized spacial score (nSPS) is 32.5. The highest BCUT2D eigenvalue weighted by atomic mass is 16.7. The van der Waals surface area contributed by atoms with E-state index in [-0.39, 0.29) is 22.3 Å². The number of phenols is 3. The molecule has 10 unspecified atom stereocenters. The summed E-state index contributed by atoms with van der Waals surface area (Å²) in [6.07, 6.45) is -17.3. The van der Waals surface area contributed by atoms with Crippen LogP contribution in [0.3, 0.4) is 0 Å². The molecule has 240 valence electrons. The van der Waals surface area contributed by atoms with Crippen LogP contribution in [-0.4, -0.2) is 131 Å². The molecule has 0 spiro atoms. The fourth-order valence-electron chi connectivity index (χ4n) is 4.88. The molecule has 2 saturated heterocycles. The van der Waals surface area contributed by atoms with Gasteiger partial charge in [-0.2, -0.15) is 0 Å². The highest BCUT2D eigenvalue weighted by Crippen LogP contribution is 2.44. The maximum absolute atomic E-state index is 12.9. The number of rotatable bonds is 7. The van der Waals surface area contributed by atoms with E-state index in [1.807, 2.05) is 0 Å². The van der Waals surface area contributed by atoms with Gasteiger partial charge < -0.3 is 79.5 Å². The summed E-state index contributed by atoms with van der Waals surface area (Å²) in [4.78, 5) is 12.9. The molecule has 2 aliphatic rings. The Hall–Kier alpha value is -3.75. The zero-order chi connectivity index (χ0) is 32.0. The number of aliphatic hydroxyl groups is 8. The molecular weight excluding hydrogens is 596 g/mol. The first-order valence-corrected chi connectivity index (χ1v) is 13.2. The van der Waals surface area contributed by atoms with Gasteiger partial charge in [0.25, 0.3) is 0 Å². The van der Waals surface area contributed by atoms with Gasteiger partial charge in [-0.25, -0.2) is 0 Å². The molecule has 2 aliphatic heterocycles. The first-order chi connectivity index (χ1) is 20.8. The van der Waals surface area contributed by atoms with Crippen molar-refractivity contribution in [2.75, 3.05) is 13.2 Å². The van der Waals surface area contributed by atoms with Crippen molar-refractivity contribution in [1.29, 1.82) is 0 Å². The van der Waals surface area contributed by atoms with E-state index in [9.17, 15) is 61.0 Å². The Morgan fingerprint density at radius 1 is 0.659 bits per heavy atom. The molecule has 10 atom stereocenters. The number of fused-ring (bicyclic) bond motifs is 1. The summed E-state index contributed by atoms with van der Waals surface area (Å²) < 4.78 is 27.5. The average molecular weight is 627 g/mol. The van der Waals surface area contributed by atoms with Crippen LogP contribution in [0.4, 0.5) is 0 Å². The van der Waals surface area contributed by atoms with E-state index in [1.54, 1.807) is 0 Å². The summed E-state index contributed by atoms with van der Waals surface area (Å²) >= 11 is 0. The third-order valence-corrected chi connectivity index (χ3v) is 7.30. The van der Waals surface area contributed by atoms with Gasteiger partial charge in [0.1, 0.15) is 77.1 Å². The van der Waals surface area contributed by atoms with E-state index in [1.165, 1.54) is 0 Å². The van der Waals surface area contributed by atoms with Crippen LogP contribution in [0.25, 0.3) is 22.3 Å². The molecule has 0 radical (unpaired) electrons. The summed E-state index contributed by atoms with van der Waals surface area (Å²) in [5.74, 6) is -3.21. The maximum atomic E-state index is 12.9. The van der Waals surface area contributed by atoms with Gasteiger partial charge in [-0.15, -0.1) is 0 Å². The molecule has 11 N–H and O–H groups in total. The van der Waals surface area contributed by atoms with Crippen molar-refractivity contribution in [2.24, 2.45) is 0 Å². The number of hydrogen-bond donors (Lipinski definition) is 11. The van der Waals surface area contributed by atoms with Gasteiger partial charge in [0, 0.05) is 23.8 Å². The Bertz CT molecular complexity index is 1490.